The molecule has 1 aliphatic heterocycles. The molecule has 1 saturated heterocycles. The number of rotatable bonds is 13. The Bertz CT molecular complexity index is 402. The molecular weight excluding hydrogens is 336 g/mol. The van der Waals surface area contributed by atoms with Gasteiger partial charge in [0.05, 0.1) is 12.5 Å². The molecule has 0 bridgehead atoms. The van der Waals surface area contributed by atoms with E-state index in [9.17, 15) is 25.2 Å². The average Bonchev–Trinajstić information content (AvgIpc) is 2.60. The van der Waals surface area contributed by atoms with Crippen molar-refractivity contribution >= 4 is 5.78 Å². The van der Waals surface area contributed by atoms with E-state index in [0.717, 1.165) is 19.3 Å². The summed E-state index contributed by atoms with van der Waals surface area (Å²) in [6.45, 7) is 3.70. The molecule has 0 aromatic heterocycles. The summed E-state index contributed by atoms with van der Waals surface area (Å²) in [6, 6.07) is 0. The van der Waals surface area contributed by atoms with Crippen LogP contribution in [0, 0.1) is 0 Å². The summed E-state index contributed by atoms with van der Waals surface area (Å²) in [5.41, 5.74) is 0. The Morgan fingerprint density at radius 2 is 1.38 bits per heavy atom. The van der Waals surface area contributed by atoms with Gasteiger partial charge in [0.2, 0.25) is 5.79 Å². The minimum absolute atomic E-state index is 0.207. The first-order valence-corrected chi connectivity index (χ1v) is 10.3. The largest absolute Gasteiger partial charge is 0.388 e. The van der Waals surface area contributed by atoms with E-state index >= 15 is 0 Å². The van der Waals surface area contributed by atoms with Crippen LogP contribution in [-0.2, 0) is 9.53 Å². The molecule has 0 saturated carbocycles. The average molecular weight is 375 g/mol. The Kier molecular flexibility index (Phi) is 10.9. The van der Waals surface area contributed by atoms with Gasteiger partial charge in [0.1, 0.15) is 24.1 Å². The van der Waals surface area contributed by atoms with E-state index < -0.39 is 30.2 Å². The molecule has 0 spiro atoms. The predicted octanol–water partition coefficient (Wildman–Crippen LogP) is 2.45. The van der Waals surface area contributed by atoms with E-state index in [1.165, 1.54) is 51.9 Å². The Morgan fingerprint density at radius 3 is 1.92 bits per heavy atom. The topological polar surface area (TPSA) is 107 Å². The molecule has 1 fully saturated rings. The lowest BCUT2D eigenvalue weighted by Gasteiger charge is -2.44. The number of carbonyl (C=O) groups excluding carboxylic acids is 1. The van der Waals surface area contributed by atoms with Crippen LogP contribution in [0.1, 0.15) is 90.9 Å². The number of ether oxygens (including phenoxy) is 1. The summed E-state index contributed by atoms with van der Waals surface area (Å²) in [5.74, 6) is -2.34. The number of hydrogen-bond acceptors (Lipinski definition) is 6. The summed E-state index contributed by atoms with van der Waals surface area (Å²) in [6.07, 6.45) is 6.33. The summed E-state index contributed by atoms with van der Waals surface area (Å²) >= 11 is 0. The highest BCUT2D eigenvalue weighted by Crippen LogP contribution is 2.31. The first-order valence-electron chi connectivity index (χ1n) is 10.3. The van der Waals surface area contributed by atoms with Crippen LogP contribution < -0.4 is 0 Å². The summed E-state index contributed by atoms with van der Waals surface area (Å²) in [5, 5.41) is 39.7. The molecular formula is C20H38O6. The lowest BCUT2D eigenvalue weighted by atomic mass is 9.89. The van der Waals surface area contributed by atoms with Crippen LogP contribution in [0.5, 0.6) is 0 Å². The highest BCUT2D eigenvalue weighted by atomic mass is 16.7. The molecule has 154 valence electrons. The fraction of sp³-hybridized carbons (Fsp3) is 0.950. The number of Topliss-reactive ketones (excluding diaryl/α,β-unsaturated/α-hetero) is 1. The van der Waals surface area contributed by atoms with Crippen molar-refractivity contribution in [2.45, 2.75) is 121 Å². The fourth-order valence-electron chi connectivity index (χ4n) is 3.52. The van der Waals surface area contributed by atoms with Crippen molar-refractivity contribution in [3.8, 4) is 0 Å². The van der Waals surface area contributed by atoms with Crippen LogP contribution in [0.2, 0.25) is 0 Å². The lowest BCUT2D eigenvalue weighted by Crippen LogP contribution is -2.64. The van der Waals surface area contributed by atoms with Gasteiger partial charge in [-0.1, -0.05) is 64.7 Å². The van der Waals surface area contributed by atoms with Crippen molar-refractivity contribution < 1.29 is 30.0 Å². The Balaban J connectivity index is 2.16. The van der Waals surface area contributed by atoms with Gasteiger partial charge in [0.15, 0.2) is 0 Å². The molecule has 0 aromatic carbocycles. The van der Waals surface area contributed by atoms with Crippen LogP contribution in [0.4, 0.5) is 0 Å². The van der Waals surface area contributed by atoms with Gasteiger partial charge in [-0.2, -0.15) is 0 Å². The first-order chi connectivity index (χ1) is 12.3. The highest BCUT2D eigenvalue weighted by molar-refractivity contribution is 5.79. The molecule has 26 heavy (non-hydrogen) atoms. The number of aliphatic hydroxyl groups is 4. The van der Waals surface area contributed by atoms with E-state index in [1.807, 2.05) is 0 Å². The van der Waals surface area contributed by atoms with E-state index in [-0.39, 0.29) is 12.2 Å². The van der Waals surface area contributed by atoms with Gasteiger partial charge in [-0.25, -0.2) is 0 Å². The van der Waals surface area contributed by atoms with Gasteiger partial charge < -0.3 is 25.2 Å². The van der Waals surface area contributed by atoms with Gasteiger partial charge in [-0.3, -0.25) is 4.79 Å². The number of ketones is 1. The first kappa shape index (κ1) is 23.5. The number of carbonyl (C=O) groups is 1. The van der Waals surface area contributed by atoms with E-state index in [2.05, 4.69) is 6.92 Å². The molecule has 0 amide bonds. The predicted molar refractivity (Wildman–Crippen MR) is 99.6 cm³/mol. The Hall–Kier alpha value is -0.530. The van der Waals surface area contributed by atoms with E-state index in [4.69, 9.17) is 4.74 Å². The molecule has 4 N–H and O–H groups in total. The molecule has 0 radical (unpaired) electrons. The van der Waals surface area contributed by atoms with Crippen molar-refractivity contribution in [3.05, 3.63) is 0 Å². The maximum Gasteiger partial charge on any atom is 0.202 e. The van der Waals surface area contributed by atoms with Crippen molar-refractivity contribution in [2.75, 3.05) is 0 Å². The third-order valence-electron chi connectivity index (χ3n) is 5.27. The summed E-state index contributed by atoms with van der Waals surface area (Å²) in [7, 11) is 0. The Labute approximate surface area is 157 Å². The Morgan fingerprint density at radius 1 is 0.885 bits per heavy atom. The number of hydrogen-bond donors (Lipinski definition) is 4. The highest BCUT2D eigenvalue weighted by Gasteiger charge is 2.52. The van der Waals surface area contributed by atoms with Crippen LogP contribution >= 0.6 is 0 Å². The second-order valence-corrected chi connectivity index (χ2v) is 7.74. The summed E-state index contributed by atoms with van der Waals surface area (Å²) < 4.78 is 5.21. The van der Waals surface area contributed by atoms with Gasteiger partial charge in [0, 0.05) is 6.42 Å². The second-order valence-electron chi connectivity index (χ2n) is 7.74. The maximum absolute atomic E-state index is 12.1. The molecule has 0 aliphatic carbocycles. The molecule has 5 atom stereocenters. The van der Waals surface area contributed by atoms with Crippen LogP contribution in [0.3, 0.4) is 0 Å². The van der Waals surface area contributed by atoms with Crippen LogP contribution in [0.15, 0.2) is 0 Å². The van der Waals surface area contributed by atoms with Crippen molar-refractivity contribution in [2.24, 2.45) is 0 Å². The third-order valence-corrected chi connectivity index (χ3v) is 5.27. The van der Waals surface area contributed by atoms with Crippen molar-refractivity contribution in [1.29, 1.82) is 0 Å². The third kappa shape index (κ3) is 7.61. The zero-order valence-electron chi connectivity index (χ0n) is 16.4. The maximum atomic E-state index is 12.1. The molecule has 0 unspecified atom stereocenters. The van der Waals surface area contributed by atoms with Crippen LogP contribution in [-0.4, -0.2) is 56.4 Å². The SMILES string of the molecule is CCCCCCCCCCCCC(=O)C[C@@]1(O)O[C@@H](C)[C@@H](O)[C@@H](O)[C@@H]1O. The van der Waals surface area contributed by atoms with Crippen molar-refractivity contribution in [3.63, 3.8) is 0 Å². The van der Waals surface area contributed by atoms with Gasteiger partial charge in [-0.05, 0) is 13.3 Å². The number of aliphatic hydroxyl groups excluding tert-OH is 3. The minimum Gasteiger partial charge on any atom is -0.388 e. The van der Waals surface area contributed by atoms with E-state index in [0.29, 0.717) is 6.42 Å². The zero-order chi connectivity index (χ0) is 19.6. The van der Waals surface area contributed by atoms with Gasteiger partial charge in [0.25, 0.3) is 0 Å². The molecule has 6 heteroatoms. The number of unbranched alkanes of at least 4 members (excludes halogenated alkanes) is 9. The fourth-order valence-corrected chi connectivity index (χ4v) is 3.52. The molecule has 1 rings (SSSR count). The quantitative estimate of drug-likeness (QED) is 0.369. The lowest BCUT2D eigenvalue weighted by molar-refractivity contribution is -0.341. The molecule has 1 aliphatic rings. The molecule has 1 heterocycles. The van der Waals surface area contributed by atoms with Crippen molar-refractivity contribution in [1.82, 2.24) is 0 Å². The standard InChI is InChI=1S/C20H38O6/c1-3-4-5-6-7-8-9-10-11-12-13-16(21)14-20(25)19(24)18(23)17(22)15(2)26-20/h15,17-19,22-25H,3-14H2,1-2H3/t15-,17+,18+,19-,20+/m0/s1. The molecule has 0 aromatic rings. The molecule has 6 nitrogen and oxygen atoms in total. The van der Waals surface area contributed by atoms with Gasteiger partial charge in [-0.15, -0.1) is 0 Å². The van der Waals surface area contributed by atoms with Gasteiger partial charge >= 0.3 is 0 Å². The smallest absolute Gasteiger partial charge is 0.202 e. The zero-order valence-corrected chi connectivity index (χ0v) is 16.4. The summed E-state index contributed by atoms with van der Waals surface area (Å²) in [4.78, 5) is 12.1. The van der Waals surface area contributed by atoms with Crippen LogP contribution in [0.25, 0.3) is 0 Å². The van der Waals surface area contributed by atoms with E-state index in [1.54, 1.807) is 0 Å². The minimum atomic E-state index is -2.13. The second kappa shape index (κ2) is 12.0. The normalized spacial score (nSPS) is 31.9. The monoisotopic (exact) mass is 374 g/mol.